The molecule has 2 N–H and O–H groups in total. The van der Waals surface area contributed by atoms with Crippen molar-refractivity contribution in [2.24, 2.45) is 5.92 Å². The van der Waals surface area contributed by atoms with E-state index in [9.17, 15) is 4.79 Å². The molecule has 1 aliphatic heterocycles. The van der Waals surface area contributed by atoms with Gasteiger partial charge in [0.25, 0.3) is 0 Å². The van der Waals surface area contributed by atoms with E-state index in [2.05, 4.69) is 29.7 Å². The normalized spacial score (nSPS) is 17.1. The zero-order chi connectivity index (χ0) is 16.8. The monoisotopic (exact) mass is 343 g/mol. The molecule has 1 aliphatic rings. The quantitative estimate of drug-likeness (QED) is 0.812. The first kappa shape index (κ1) is 17.1. The Morgan fingerprint density at radius 1 is 1.38 bits per heavy atom. The smallest absolute Gasteiger partial charge is 0.220 e. The maximum atomic E-state index is 11.9. The second kappa shape index (κ2) is 8.40. The molecule has 0 radical (unpaired) electrons. The third kappa shape index (κ3) is 4.65. The number of nitrogens with zero attached hydrogens (tertiary/aromatic N) is 1. The number of hydrogen-bond donors (Lipinski definition) is 2. The number of thiazole rings is 1. The van der Waals surface area contributed by atoms with Crippen molar-refractivity contribution in [2.75, 3.05) is 19.6 Å². The van der Waals surface area contributed by atoms with Crippen molar-refractivity contribution < 1.29 is 4.79 Å². The highest BCUT2D eigenvalue weighted by Crippen LogP contribution is 2.27. The van der Waals surface area contributed by atoms with Gasteiger partial charge >= 0.3 is 0 Å². The molecule has 1 unspecified atom stereocenters. The van der Waals surface area contributed by atoms with Gasteiger partial charge in [0.2, 0.25) is 5.91 Å². The first-order chi connectivity index (χ1) is 11.7. The highest BCUT2D eigenvalue weighted by atomic mass is 32.1. The van der Waals surface area contributed by atoms with E-state index in [1.54, 1.807) is 11.3 Å². The van der Waals surface area contributed by atoms with Crippen LogP contribution in [0, 0.1) is 12.8 Å². The van der Waals surface area contributed by atoms with Gasteiger partial charge in [-0.05, 0) is 38.8 Å². The first-order valence-electron chi connectivity index (χ1n) is 8.71. The fourth-order valence-electron chi connectivity index (χ4n) is 3.12. The minimum absolute atomic E-state index is 0.165. The van der Waals surface area contributed by atoms with Crippen molar-refractivity contribution in [1.29, 1.82) is 0 Å². The number of aromatic nitrogens is 1. The number of hydrogen-bond acceptors (Lipinski definition) is 4. The van der Waals surface area contributed by atoms with Gasteiger partial charge in [-0.25, -0.2) is 4.98 Å². The van der Waals surface area contributed by atoms with Crippen LogP contribution in [-0.2, 0) is 11.2 Å². The third-order valence-corrected chi connectivity index (χ3v) is 5.52. The van der Waals surface area contributed by atoms with E-state index in [0.29, 0.717) is 18.9 Å². The molecule has 128 valence electrons. The Labute approximate surface area is 147 Å². The Morgan fingerprint density at radius 2 is 2.21 bits per heavy atom. The van der Waals surface area contributed by atoms with Crippen LogP contribution in [0.2, 0.25) is 0 Å². The molecular formula is C19H25N3OS. The van der Waals surface area contributed by atoms with E-state index in [0.717, 1.165) is 42.2 Å². The minimum Gasteiger partial charge on any atom is -0.356 e. The molecule has 0 spiro atoms. The number of aryl methyl sites for hydroxylation is 1. The van der Waals surface area contributed by atoms with Crippen LogP contribution >= 0.6 is 11.3 Å². The van der Waals surface area contributed by atoms with Crippen LogP contribution in [0.3, 0.4) is 0 Å². The number of amides is 1. The number of rotatable bonds is 7. The van der Waals surface area contributed by atoms with Crippen LogP contribution in [0.4, 0.5) is 0 Å². The SMILES string of the molecule is Cc1sc(CCNC(=O)CCC2CCNC2)nc1-c1ccccc1. The molecule has 0 saturated carbocycles. The summed E-state index contributed by atoms with van der Waals surface area (Å²) in [5.41, 5.74) is 2.22. The maximum absolute atomic E-state index is 11.9. The lowest BCUT2D eigenvalue weighted by molar-refractivity contribution is -0.121. The minimum atomic E-state index is 0.165. The van der Waals surface area contributed by atoms with Gasteiger partial charge in [-0.2, -0.15) is 0 Å². The number of benzene rings is 1. The van der Waals surface area contributed by atoms with Crippen LogP contribution < -0.4 is 10.6 Å². The van der Waals surface area contributed by atoms with Crippen LogP contribution in [0.15, 0.2) is 30.3 Å². The first-order valence-corrected chi connectivity index (χ1v) is 9.53. The summed E-state index contributed by atoms with van der Waals surface area (Å²) in [7, 11) is 0. The average Bonchev–Trinajstić information content (AvgIpc) is 3.23. The molecular weight excluding hydrogens is 318 g/mol. The summed E-state index contributed by atoms with van der Waals surface area (Å²) in [4.78, 5) is 17.9. The van der Waals surface area contributed by atoms with Gasteiger partial charge in [0.15, 0.2) is 0 Å². The summed E-state index contributed by atoms with van der Waals surface area (Å²) in [5.74, 6) is 0.837. The van der Waals surface area contributed by atoms with E-state index in [-0.39, 0.29) is 5.91 Å². The third-order valence-electron chi connectivity index (χ3n) is 4.49. The molecule has 2 heterocycles. The van der Waals surface area contributed by atoms with Crippen LogP contribution in [-0.4, -0.2) is 30.5 Å². The van der Waals surface area contributed by atoms with E-state index in [1.165, 1.54) is 11.3 Å². The van der Waals surface area contributed by atoms with Crippen molar-refractivity contribution >= 4 is 17.2 Å². The molecule has 4 nitrogen and oxygen atoms in total. The Morgan fingerprint density at radius 3 is 2.96 bits per heavy atom. The summed E-state index contributed by atoms with van der Waals surface area (Å²) in [6, 6.07) is 10.3. The highest BCUT2D eigenvalue weighted by Gasteiger charge is 2.15. The topological polar surface area (TPSA) is 54.0 Å². The van der Waals surface area contributed by atoms with E-state index in [4.69, 9.17) is 4.98 Å². The van der Waals surface area contributed by atoms with Crippen molar-refractivity contribution in [3.63, 3.8) is 0 Å². The molecule has 1 aromatic heterocycles. The van der Waals surface area contributed by atoms with Crippen molar-refractivity contribution in [1.82, 2.24) is 15.6 Å². The maximum Gasteiger partial charge on any atom is 0.220 e. The molecule has 2 aromatic rings. The predicted molar refractivity (Wildman–Crippen MR) is 99.2 cm³/mol. The molecule has 0 bridgehead atoms. The van der Waals surface area contributed by atoms with Gasteiger partial charge in [0.1, 0.15) is 0 Å². The summed E-state index contributed by atoms with van der Waals surface area (Å²) in [6.07, 6.45) is 3.63. The van der Waals surface area contributed by atoms with Crippen LogP contribution in [0.1, 0.15) is 29.1 Å². The number of carbonyl (C=O) groups is 1. The average molecular weight is 343 g/mol. The Kier molecular flexibility index (Phi) is 5.99. The lowest BCUT2D eigenvalue weighted by atomic mass is 10.0. The van der Waals surface area contributed by atoms with Crippen molar-refractivity contribution in [3.8, 4) is 11.3 Å². The Hall–Kier alpha value is -1.72. The van der Waals surface area contributed by atoms with Gasteiger partial charge in [-0.15, -0.1) is 11.3 Å². The van der Waals surface area contributed by atoms with Crippen LogP contribution in [0.25, 0.3) is 11.3 Å². The summed E-state index contributed by atoms with van der Waals surface area (Å²) < 4.78 is 0. The van der Waals surface area contributed by atoms with Gasteiger partial charge < -0.3 is 10.6 Å². The van der Waals surface area contributed by atoms with E-state index in [1.807, 2.05) is 18.2 Å². The van der Waals surface area contributed by atoms with Gasteiger partial charge in [-0.1, -0.05) is 30.3 Å². The molecule has 24 heavy (non-hydrogen) atoms. The molecule has 1 aromatic carbocycles. The van der Waals surface area contributed by atoms with Gasteiger partial charge in [-0.3, -0.25) is 4.79 Å². The van der Waals surface area contributed by atoms with Crippen molar-refractivity contribution in [3.05, 3.63) is 40.2 Å². The summed E-state index contributed by atoms with van der Waals surface area (Å²) in [6.45, 7) is 4.94. The molecule has 3 rings (SSSR count). The van der Waals surface area contributed by atoms with E-state index >= 15 is 0 Å². The molecule has 5 heteroatoms. The van der Waals surface area contributed by atoms with E-state index < -0.39 is 0 Å². The lowest BCUT2D eigenvalue weighted by Crippen LogP contribution is -2.26. The number of nitrogens with one attached hydrogen (secondary N) is 2. The summed E-state index contributed by atoms with van der Waals surface area (Å²) in [5, 5.41) is 7.46. The van der Waals surface area contributed by atoms with Crippen molar-refractivity contribution in [2.45, 2.75) is 32.6 Å². The Bertz CT molecular complexity index is 663. The second-order valence-corrected chi connectivity index (χ2v) is 7.66. The number of carbonyl (C=O) groups excluding carboxylic acids is 1. The fourth-order valence-corrected chi connectivity index (χ4v) is 4.07. The fraction of sp³-hybridized carbons (Fsp3) is 0.474. The van der Waals surface area contributed by atoms with Crippen LogP contribution in [0.5, 0.6) is 0 Å². The second-order valence-electron chi connectivity index (χ2n) is 6.38. The summed E-state index contributed by atoms with van der Waals surface area (Å²) >= 11 is 1.72. The molecule has 1 amide bonds. The molecule has 1 fully saturated rings. The van der Waals surface area contributed by atoms with Gasteiger partial charge in [0.05, 0.1) is 10.7 Å². The Balaban J connectivity index is 1.44. The van der Waals surface area contributed by atoms with Gasteiger partial charge in [0, 0.05) is 29.8 Å². The molecule has 1 atom stereocenters. The standard InChI is InChI=1S/C19H25N3OS/c1-14-19(16-5-3-2-4-6-16)22-18(24-14)10-12-21-17(23)8-7-15-9-11-20-13-15/h2-6,15,20H,7-13H2,1H3,(H,21,23). The molecule has 0 aliphatic carbocycles. The largest absolute Gasteiger partial charge is 0.356 e. The zero-order valence-electron chi connectivity index (χ0n) is 14.2. The predicted octanol–water partition coefficient (Wildman–Crippen LogP) is 3.17. The lowest BCUT2D eigenvalue weighted by Gasteiger charge is -2.08. The highest BCUT2D eigenvalue weighted by molar-refractivity contribution is 7.12. The zero-order valence-corrected chi connectivity index (χ0v) is 15.0. The molecule has 1 saturated heterocycles.